The Balaban J connectivity index is 2.75. The minimum absolute atomic E-state index is 0.653. The first-order valence-electron chi connectivity index (χ1n) is 3.87. The van der Waals surface area contributed by atoms with Gasteiger partial charge in [0.25, 0.3) is 0 Å². The van der Waals surface area contributed by atoms with E-state index in [4.69, 9.17) is 0 Å². The average molecular weight is 212 g/mol. The van der Waals surface area contributed by atoms with Gasteiger partial charge in [-0.1, -0.05) is 24.8 Å². The summed E-state index contributed by atoms with van der Waals surface area (Å²) < 4.78 is 24.9. The highest BCUT2D eigenvalue weighted by Crippen LogP contribution is 2.14. The lowest BCUT2D eigenvalue weighted by molar-refractivity contribution is 0.289. The number of anilines is 1. The molecule has 0 amide bonds. The molecule has 0 aliphatic rings. The minimum Gasteiger partial charge on any atom is -0.748 e. The van der Waals surface area contributed by atoms with Crippen molar-refractivity contribution in [2.75, 3.05) is 12.1 Å². The highest BCUT2D eigenvalue weighted by Gasteiger charge is 2.00. The van der Waals surface area contributed by atoms with Crippen LogP contribution < -0.4 is 5.06 Å². The molecule has 0 heterocycles. The van der Waals surface area contributed by atoms with E-state index in [9.17, 15) is 8.76 Å². The van der Waals surface area contributed by atoms with Gasteiger partial charge in [-0.05, 0) is 17.7 Å². The standard InChI is InChI=1S/C9H11NO3S/c1-3-8-4-6-9(7-5-8)10(2)13-14(11)12/h3-7H,1H2,2H3,(H,11,12)/p-1. The van der Waals surface area contributed by atoms with Gasteiger partial charge in [0.05, 0.1) is 5.69 Å². The Morgan fingerprint density at radius 2 is 2.07 bits per heavy atom. The fourth-order valence-electron chi connectivity index (χ4n) is 0.955. The molecule has 0 radical (unpaired) electrons. The summed E-state index contributed by atoms with van der Waals surface area (Å²) >= 11 is -2.55. The van der Waals surface area contributed by atoms with Gasteiger partial charge in [0.1, 0.15) is 11.4 Å². The molecule has 1 aromatic carbocycles. The molecule has 0 aliphatic heterocycles. The number of rotatable bonds is 4. The van der Waals surface area contributed by atoms with Crippen molar-refractivity contribution < 1.29 is 13.0 Å². The lowest BCUT2D eigenvalue weighted by Crippen LogP contribution is -2.18. The second kappa shape index (κ2) is 4.90. The van der Waals surface area contributed by atoms with E-state index in [0.717, 1.165) is 10.6 Å². The van der Waals surface area contributed by atoms with Gasteiger partial charge >= 0.3 is 0 Å². The molecule has 0 bridgehead atoms. The molecule has 1 unspecified atom stereocenters. The van der Waals surface area contributed by atoms with Crippen LogP contribution >= 0.6 is 0 Å². The van der Waals surface area contributed by atoms with E-state index in [0.29, 0.717) is 5.69 Å². The normalized spacial score (nSPS) is 12.1. The zero-order chi connectivity index (χ0) is 10.6. The molecule has 0 spiro atoms. The van der Waals surface area contributed by atoms with Gasteiger partial charge in [-0.15, -0.1) is 0 Å². The number of hydrogen-bond acceptors (Lipinski definition) is 4. The van der Waals surface area contributed by atoms with Gasteiger partial charge in [-0.2, -0.15) is 4.28 Å². The molecule has 0 aliphatic carbocycles. The molecular formula is C9H10NO3S-. The molecular weight excluding hydrogens is 202 g/mol. The Bertz CT molecular complexity index is 336. The predicted molar refractivity (Wildman–Crippen MR) is 54.9 cm³/mol. The van der Waals surface area contributed by atoms with Crippen LogP contribution in [-0.2, 0) is 15.6 Å². The molecule has 0 fully saturated rings. The van der Waals surface area contributed by atoms with Crippen molar-refractivity contribution >= 4 is 23.1 Å². The van der Waals surface area contributed by atoms with E-state index in [1.165, 1.54) is 7.05 Å². The van der Waals surface area contributed by atoms with E-state index in [1.807, 2.05) is 12.1 Å². The summed E-state index contributed by atoms with van der Waals surface area (Å²) in [4.78, 5) is 0. The lowest BCUT2D eigenvalue weighted by Gasteiger charge is -2.18. The predicted octanol–water partition coefficient (Wildman–Crippen LogP) is 1.49. The van der Waals surface area contributed by atoms with Crippen molar-refractivity contribution in [3.63, 3.8) is 0 Å². The first kappa shape index (κ1) is 10.9. The highest BCUT2D eigenvalue weighted by molar-refractivity contribution is 7.74. The van der Waals surface area contributed by atoms with Crippen LogP contribution in [0.4, 0.5) is 5.69 Å². The van der Waals surface area contributed by atoms with Crippen LogP contribution in [0.15, 0.2) is 30.8 Å². The van der Waals surface area contributed by atoms with Gasteiger partial charge < -0.3 is 4.55 Å². The van der Waals surface area contributed by atoms with Crippen LogP contribution in [0.3, 0.4) is 0 Å². The Morgan fingerprint density at radius 1 is 1.50 bits per heavy atom. The molecule has 4 nitrogen and oxygen atoms in total. The number of nitrogens with zero attached hydrogens (tertiary/aromatic N) is 1. The number of benzene rings is 1. The monoisotopic (exact) mass is 212 g/mol. The largest absolute Gasteiger partial charge is 0.748 e. The zero-order valence-corrected chi connectivity index (χ0v) is 8.49. The fraction of sp³-hybridized carbons (Fsp3) is 0.111. The minimum atomic E-state index is -2.55. The zero-order valence-electron chi connectivity index (χ0n) is 7.67. The summed E-state index contributed by atoms with van der Waals surface area (Å²) in [5.41, 5.74) is 1.62. The molecule has 14 heavy (non-hydrogen) atoms. The summed E-state index contributed by atoms with van der Waals surface area (Å²) in [5, 5.41) is 1.16. The van der Waals surface area contributed by atoms with Crippen molar-refractivity contribution in [3.8, 4) is 0 Å². The second-order valence-electron chi connectivity index (χ2n) is 2.57. The fourth-order valence-corrected chi connectivity index (χ4v) is 1.22. The lowest BCUT2D eigenvalue weighted by atomic mass is 10.2. The SMILES string of the molecule is C=Cc1ccc(N(C)OS(=O)[O-])cc1. The molecule has 0 saturated carbocycles. The third-order valence-corrected chi connectivity index (χ3v) is 2.01. The third-order valence-electron chi connectivity index (χ3n) is 1.67. The Kier molecular flexibility index (Phi) is 3.82. The summed E-state index contributed by atoms with van der Waals surface area (Å²) in [6, 6.07) is 7.11. The van der Waals surface area contributed by atoms with Crippen LogP contribution in [0.25, 0.3) is 6.08 Å². The molecule has 0 N–H and O–H groups in total. The maximum absolute atomic E-state index is 10.2. The van der Waals surface area contributed by atoms with Crippen LogP contribution in [0, 0.1) is 0 Å². The first-order chi connectivity index (χ1) is 6.63. The molecule has 76 valence electrons. The van der Waals surface area contributed by atoms with Crippen molar-refractivity contribution in [1.29, 1.82) is 0 Å². The van der Waals surface area contributed by atoms with Crippen molar-refractivity contribution in [2.45, 2.75) is 0 Å². The second-order valence-corrected chi connectivity index (χ2v) is 3.13. The van der Waals surface area contributed by atoms with E-state index < -0.39 is 11.4 Å². The van der Waals surface area contributed by atoms with E-state index in [2.05, 4.69) is 10.9 Å². The Hall–Kier alpha value is -1.17. The van der Waals surface area contributed by atoms with Crippen LogP contribution in [0.5, 0.6) is 0 Å². The Morgan fingerprint density at radius 3 is 2.50 bits per heavy atom. The average Bonchev–Trinajstić information content (AvgIpc) is 2.17. The van der Waals surface area contributed by atoms with Gasteiger partial charge in [0, 0.05) is 7.05 Å². The summed E-state index contributed by atoms with van der Waals surface area (Å²) in [7, 11) is 1.51. The van der Waals surface area contributed by atoms with Crippen LogP contribution in [0.1, 0.15) is 5.56 Å². The summed E-state index contributed by atoms with van der Waals surface area (Å²) in [6.07, 6.45) is 1.70. The molecule has 5 heteroatoms. The molecule has 1 aromatic rings. The maximum atomic E-state index is 10.2. The smallest absolute Gasteiger partial charge is 0.112 e. The van der Waals surface area contributed by atoms with Crippen molar-refractivity contribution in [1.82, 2.24) is 0 Å². The number of hydrogen-bond donors (Lipinski definition) is 0. The van der Waals surface area contributed by atoms with Gasteiger partial charge in [0.15, 0.2) is 0 Å². The van der Waals surface area contributed by atoms with Crippen LogP contribution in [0.2, 0.25) is 0 Å². The van der Waals surface area contributed by atoms with Crippen molar-refractivity contribution in [3.05, 3.63) is 36.4 Å². The first-order valence-corrected chi connectivity index (χ1v) is 4.87. The van der Waals surface area contributed by atoms with Crippen LogP contribution in [-0.4, -0.2) is 15.8 Å². The third kappa shape index (κ3) is 2.95. The van der Waals surface area contributed by atoms with Gasteiger partial charge in [-0.25, -0.2) is 9.27 Å². The van der Waals surface area contributed by atoms with Gasteiger partial charge in [0.2, 0.25) is 0 Å². The quantitative estimate of drug-likeness (QED) is 0.560. The molecule has 0 saturated heterocycles. The van der Waals surface area contributed by atoms with E-state index in [-0.39, 0.29) is 0 Å². The molecule has 1 rings (SSSR count). The van der Waals surface area contributed by atoms with Gasteiger partial charge in [-0.3, -0.25) is 0 Å². The maximum Gasteiger partial charge on any atom is 0.112 e. The molecule has 1 atom stereocenters. The topological polar surface area (TPSA) is 52.6 Å². The summed E-state index contributed by atoms with van der Waals surface area (Å²) in [5.74, 6) is 0. The molecule has 0 aromatic heterocycles. The van der Waals surface area contributed by atoms with Crippen molar-refractivity contribution in [2.24, 2.45) is 0 Å². The number of hydroxylamine groups is 1. The summed E-state index contributed by atoms with van der Waals surface area (Å²) in [6.45, 7) is 3.61. The Labute approximate surface area is 85.3 Å². The highest BCUT2D eigenvalue weighted by atomic mass is 32.2. The van der Waals surface area contributed by atoms with E-state index in [1.54, 1.807) is 18.2 Å². The van der Waals surface area contributed by atoms with E-state index >= 15 is 0 Å².